The molecule has 0 bridgehead atoms. The summed E-state index contributed by atoms with van der Waals surface area (Å²) in [4.78, 5) is 26.5. The van der Waals surface area contributed by atoms with Crippen molar-refractivity contribution in [2.45, 2.75) is 66.5 Å². The molecule has 1 fully saturated rings. The van der Waals surface area contributed by atoms with Crippen LogP contribution in [0.3, 0.4) is 0 Å². The number of hydrogen-bond donors (Lipinski definition) is 3. The first kappa shape index (κ1) is 19.9. The maximum absolute atomic E-state index is 13.2. The Balaban J connectivity index is 3.37. The van der Waals surface area contributed by atoms with Crippen molar-refractivity contribution in [3.63, 3.8) is 0 Å². The van der Waals surface area contributed by atoms with Crippen LogP contribution in [0.25, 0.3) is 0 Å². The number of hydrogen-bond acceptors (Lipinski definition) is 4. The van der Waals surface area contributed by atoms with Gasteiger partial charge in [0.1, 0.15) is 5.41 Å². The van der Waals surface area contributed by atoms with Crippen LogP contribution in [0, 0.1) is 16.2 Å². The fourth-order valence-corrected chi connectivity index (χ4v) is 3.00. The van der Waals surface area contributed by atoms with Crippen LogP contribution in [0.2, 0.25) is 0 Å². The summed E-state index contributed by atoms with van der Waals surface area (Å²) in [5.41, 5.74) is 3.48. The number of carbonyl (C=O) groups is 2. The van der Waals surface area contributed by atoms with E-state index in [1.165, 1.54) is 4.90 Å². The van der Waals surface area contributed by atoms with Gasteiger partial charge in [-0.15, -0.1) is 0 Å². The Morgan fingerprint density at radius 3 is 1.52 bits per heavy atom. The molecule has 1 rings (SSSR count). The summed E-state index contributed by atoms with van der Waals surface area (Å²) in [6, 6.07) is -1.02. The highest BCUT2D eigenvalue weighted by Gasteiger charge is 2.59. The minimum atomic E-state index is -1.17. The van der Waals surface area contributed by atoms with Crippen molar-refractivity contribution >= 4 is 11.8 Å². The highest BCUT2D eigenvalue weighted by molar-refractivity contribution is 6.07. The number of amides is 2. The Morgan fingerprint density at radius 2 is 1.35 bits per heavy atom. The number of nitrogens with zero attached hydrogens (tertiary/aromatic N) is 1. The predicted molar refractivity (Wildman–Crippen MR) is 88.4 cm³/mol. The first-order valence-electron chi connectivity index (χ1n) is 8.17. The molecule has 0 heterocycles. The highest BCUT2D eigenvalue weighted by Crippen LogP contribution is 2.49. The third kappa shape index (κ3) is 3.86. The minimum absolute atomic E-state index is 0.239. The standard InChI is InChI=1S/C17H32N2O4/c1-15(2,3)11(9-20)19(12(10-21)16(4,5)6)14(23)17(7-8-17)13(18)22/h11-12,20-21H,7-10H2,1-6H3,(H2,18,22)/t11-,12-/m1/s1. The molecule has 0 aliphatic heterocycles. The zero-order valence-electron chi connectivity index (χ0n) is 15.2. The lowest BCUT2D eigenvalue weighted by molar-refractivity contribution is -0.156. The molecular weight excluding hydrogens is 296 g/mol. The lowest BCUT2D eigenvalue weighted by atomic mass is 9.79. The normalized spacial score (nSPS) is 19.8. The number of primary amides is 1. The van der Waals surface area contributed by atoms with Crippen molar-refractivity contribution < 1.29 is 19.8 Å². The van der Waals surface area contributed by atoms with Gasteiger partial charge in [-0.3, -0.25) is 9.59 Å². The maximum atomic E-state index is 13.2. The summed E-state index contributed by atoms with van der Waals surface area (Å²) >= 11 is 0. The fourth-order valence-electron chi connectivity index (χ4n) is 3.00. The summed E-state index contributed by atoms with van der Waals surface area (Å²) in [5, 5.41) is 19.8. The number of aliphatic hydroxyl groups is 2. The summed E-state index contributed by atoms with van der Waals surface area (Å²) < 4.78 is 0. The second-order valence-corrected chi connectivity index (χ2v) is 8.79. The van der Waals surface area contributed by atoms with Gasteiger partial charge in [-0.1, -0.05) is 41.5 Å². The topological polar surface area (TPSA) is 104 Å². The molecular formula is C17H32N2O4. The van der Waals surface area contributed by atoms with Crippen LogP contribution in [0.15, 0.2) is 0 Å². The van der Waals surface area contributed by atoms with Gasteiger partial charge in [0, 0.05) is 0 Å². The van der Waals surface area contributed by atoms with Crippen molar-refractivity contribution in [2.75, 3.05) is 13.2 Å². The van der Waals surface area contributed by atoms with Crippen molar-refractivity contribution in [2.24, 2.45) is 22.0 Å². The Bertz CT molecular complexity index is 436. The summed E-state index contributed by atoms with van der Waals surface area (Å²) in [7, 11) is 0. The first-order chi connectivity index (χ1) is 10.3. The van der Waals surface area contributed by atoms with Gasteiger partial charge in [0.15, 0.2) is 0 Å². The third-order valence-electron chi connectivity index (χ3n) is 4.88. The highest BCUT2D eigenvalue weighted by atomic mass is 16.3. The second kappa shape index (κ2) is 6.40. The minimum Gasteiger partial charge on any atom is -0.394 e. The third-order valence-corrected chi connectivity index (χ3v) is 4.88. The zero-order chi connectivity index (χ0) is 18.2. The van der Waals surface area contributed by atoms with E-state index in [0.717, 1.165) is 0 Å². The monoisotopic (exact) mass is 328 g/mol. The van der Waals surface area contributed by atoms with Crippen molar-refractivity contribution in [3.05, 3.63) is 0 Å². The van der Waals surface area contributed by atoms with Crippen LogP contribution >= 0.6 is 0 Å². The van der Waals surface area contributed by atoms with Crippen LogP contribution in [-0.4, -0.2) is 52.2 Å². The lowest BCUT2D eigenvalue weighted by Crippen LogP contribution is -2.61. The van der Waals surface area contributed by atoms with Gasteiger partial charge in [-0.25, -0.2) is 0 Å². The molecule has 134 valence electrons. The van der Waals surface area contributed by atoms with Gasteiger partial charge in [-0.2, -0.15) is 0 Å². The van der Waals surface area contributed by atoms with Crippen molar-refractivity contribution in [1.82, 2.24) is 4.90 Å². The largest absolute Gasteiger partial charge is 0.394 e. The molecule has 1 aliphatic carbocycles. The molecule has 0 saturated heterocycles. The van der Waals surface area contributed by atoms with Gasteiger partial charge in [0.25, 0.3) is 0 Å². The Labute approximate surface area is 139 Å². The van der Waals surface area contributed by atoms with E-state index in [2.05, 4.69) is 0 Å². The van der Waals surface area contributed by atoms with E-state index < -0.39 is 34.2 Å². The Kier molecular flexibility index (Phi) is 5.54. The molecule has 23 heavy (non-hydrogen) atoms. The van der Waals surface area contributed by atoms with Gasteiger partial charge in [-0.05, 0) is 23.7 Å². The number of rotatable bonds is 6. The molecule has 2 atom stereocenters. The van der Waals surface area contributed by atoms with Gasteiger partial charge >= 0.3 is 0 Å². The number of nitrogens with two attached hydrogens (primary N) is 1. The van der Waals surface area contributed by atoms with E-state index in [1.807, 2.05) is 41.5 Å². The molecule has 4 N–H and O–H groups in total. The van der Waals surface area contributed by atoms with Gasteiger partial charge in [0.05, 0.1) is 25.3 Å². The average Bonchev–Trinajstić information content (AvgIpc) is 3.16. The fraction of sp³-hybridized carbons (Fsp3) is 0.882. The summed E-state index contributed by atoms with van der Waals surface area (Å²) in [5.74, 6) is -0.989. The van der Waals surface area contributed by atoms with E-state index in [-0.39, 0.29) is 19.1 Å². The van der Waals surface area contributed by atoms with E-state index in [1.54, 1.807) is 0 Å². The van der Waals surface area contributed by atoms with Crippen LogP contribution in [0.4, 0.5) is 0 Å². The van der Waals surface area contributed by atoms with Crippen LogP contribution in [0.1, 0.15) is 54.4 Å². The van der Waals surface area contributed by atoms with E-state index in [9.17, 15) is 19.8 Å². The second-order valence-electron chi connectivity index (χ2n) is 8.79. The number of aliphatic hydroxyl groups excluding tert-OH is 2. The van der Waals surface area contributed by atoms with Crippen molar-refractivity contribution in [1.29, 1.82) is 0 Å². The first-order valence-corrected chi connectivity index (χ1v) is 8.17. The van der Waals surface area contributed by atoms with Crippen molar-refractivity contribution in [3.8, 4) is 0 Å². The summed E-state index contributed by atoms with van der Waals surface area (Å²) in [6.45, 7) is 11.1. The van der Waals surface area contributed by atoms with Crippen LogP contribution < -0.4 is 5.73 Å². The maximum Gasteiger partial charge on any atom is 0.238 e. The Hall–Kier alpha value is -1.14. The molecule has 6 nitrogen and oxygen atoms in total. The lowest BCUT2D eigenvalue weighted by Gasteiger charge is -2.48. The molecule has 0 aromatic rings. The molecule has 1 saturated carbocycles. The molecule has 2 amide bonds. The summed E-state index contributed by atoms with van der Waals surface area (Å²) in [6.07, 6.45) is 0.866. The molecule has 0 radical (unpaired) electrons. The molecule has 0 spiro atoms. The van der Waals surface area contributed by atoms with Crippen LogP contribution in [0.5, 0.6) is 0 Å². The Morgan fingerprint density at radius 1 is 1.00 bits per heavy atom. The molecule has 0 unspecified atom stereocenters. The zero-order valence-corrected chi connectivity index (χ0v) is 15.2. The SMILES string of the molecule is CC(C)(C)[C@@H](CO)N(C(=O)C1(C(N)=O)CC1)[C@H](CO)C(C)(C)C. The van der Waals surface area contributed by atoms with E-state index in [4.69, 9.17) is 5.73 Å². The molecule has 0 aromatic heterocycles. The van der Waals surface area contributed by atoms with E-state index >= 15 is 0 Å². The van der Waals surface area contributed by atoms with Gasteiger partial charge in [0.2, 0.25) is 11.8 Å². The average molecular weight is 328 g/mol. The smallest absolute Gasteiger partial charge is 0.238 e. The molecule has 1 aliphatic rings. The predicted octanol–water partition coefficient (Wildman–Crippen LogP) is 0.894. The van der Waals surface area contributed by atoms with Gasteiger partial charge < -0.3 is 20.8 Å². The van der Waals surface area contributed by atoms with E-state index in [0.29, 0.717) is 12.8 Å². The molecule has 6 heteroatoms. The molecule has 0 aromatic carbocycles. The van der Waals surface area contributed by atoms with Crippen LogP contribution in [-0.2, 0) is 9.59 Å². The number of carbonyl (C=O) groups excluding carboxylic acids is 2. The quantitative estimate of drug-likeness (QED) is 0.630.